The zero-order valence-corrected chi connectivity index (χ0v) is 10.8. The van der Waals surface area contributed by atoms with Crippen molar-refractivity contribution in [1.29, 1.82) is 0 Å². The molecule has 0 aliphatic rings. The fourth-order valence-corrected chi connectivity index (χ4v) is 1.94. The highest BCUT2D eigenvalue weighted by molar-refractivity contribution is 6.17. The van der Waals surface area contributed by atoms with Crippen molar-refractivity contribution >= 4 is 11.6 Å². The van der Waals surface area contributed by atoms with E-state index >= 15 is 0 Å². The molecule has 0 fully saturated rings. The summed E-state index contributed by atoms with van der Waals surface area (Å²) in [4.78, 5) is 0. The quantitative estimate of drug-likeness (QED) is 0.808. The normalized spacial score (nSPS) is 10.6. The summed E-state index contributed by atoms with van der Waals surface area (Å²) in [5.74, 6) is 0.333. The highest BCUT2D eigenvalue weighted by Crippen LogP contribution is 2.08. The Balaban J connectivity index is 1.86. The number of benzene rings is 2. The molecule has 3 heteroatoms. The van der Waals surface area contributed by atoms with E-state index in [4.69, 9.17) is 11.6 Å². The van der Waals surface area contributed by atoms with E-state index in [1.165, 1.54) is 17.7 Å². The van der Waals surface area contributed by atoms with E-state index in [0.717, 1.165) is 24.2 Å². The molecular formula is C15H15ClFN. The Morgan fingerprint density at radius 1 is 0.889 bits per heavy atom. The van der Waals surface area contributed by atoms with Gasteiger partial charge in [0, 0.05) is 19.0 Å². The molecule has 18 heavy (non-hydrogen) atoms. The lowest BCUT2D eigenvalue weighted by atomic mass is 10.1. The van der Waals surface area contributed by atoms with Gasteiger partial charge in [-0.2, -0.15) is 0 Å². The molecule has 0 radical (unpaired) electrons. The van der Waals surface area contributed by atoms with Crippen LogP contribution in [0.25, 0.3) is 0 Å². The highest BCUT2D eigenvalue weighted by atomic mass is 35.5. The number of halogens is 2. The maximum absolute atomic E-state index is 12.7. The summed E-state index contributed by atoms with van der Waals surface area (Å²) in [6.07, 6.45) is 0. The smallest absolute Gasteiger partial charge is 0.123 e. The maximum Gasteiger partial charge on any atom is 0.123 e. The third kappa shape index (κ3) is 3.83. The van der Waals surface area contributed by atoms with Gasteiger partial charge in [0.25, 0.3) is 0 Å². The summed E-state index contributed by atoms with van der Waals surface area (Å²) in [6.45, 7) is 1.51. The van der Waals surface area contributed by atoms with Crippen molar-refractivity contribution in [2.24, 2.45) is 0 Å². The molecule has 0 aliphatic carbocycles. The minimum Gasteiger partial charge on any atom is -0.309 e. The monoisotopic (exact) mass is 263 g/mol. The first-order valence-electron chi connectivity index (χ1n) is 5.87. The Bertz CT molecular complexity index is 496. The zero-order valence-electron chi connectivity index (χ0n) is 10.00. The van der Waals surface area contributed by atoms with Crippen LogP contribution in [-0.2, 0) is 19.0 Å². The van der Waals surface area contributed by atoms with E-state index in [1.54, 1.807) is 12.1 Å². The van der Waals surface area contributed by atoms with Crippen molar-refractivity contribution in [1.82, 2.24) is 5.32 Å². The average molecular weight is 264 g/mol. The second-order valence-electron chi connectivity index (χ2n) is 4.18. The fourth-order valence-electron chi connectivity index (χ4n) is 1.78. The van der Waals surface area contributed by atoms with Crippen molar-refractivity contribution in [2.45, 2.75) is 19.0 Å². The first-order chi connectivity index (χ1) is 8.78. The Morgan fingerprint density at radius 2 is 1.56 bits per heavy atom. The third-order valence-electron chi connectivity index (χ3n) is 2.72. The predicted octanol–water partition coefficient (Wildman–Crippen LogP) is 3.85. The lowest BCUT2D eigenvalue weighted by Gasteiger charge is -2.06. The van der Waals surface area contributed by atoms with Gasteiger partial charge in [-0.3, -0.25) is 0 Å². The van der Waals surface area contributed by atoms with E-state index < -0.39 is 0 Å². The topological polar surface area (TPSA) is 12.0 Å². The number of hydrogen-bond acceptors (Lipinski definition) is 1. The largest absolute Gasteiger partial charge is 0.309 e. The van der Waals surface area contributed by atoms with Gasteiger partial charge in [0.05, 0.1) is 0 Å². The van der Waals surface area contributed by atoms with E-state index in [9.17, 15) is 4.39 Å². The molecule has 0 bridgehead atoms. The molecule has 94 valence electrons. The second kappa shape index (κ2) is 6.53. The van der Waals surface area contributed by atoms with Crippen LogP contribution in [0.3, 0.4) is 0 Å². The van der Waals surface area contributed by atoms with Crippen LogP contribution < -0.4 is 5.32 Å². The molecule has 0 aliphatic heterocycles. The molecule has 0 atom stereocenters. The molecule has 2 rings (SSSR count). The summed E-state index contributed by atoms with van der Waals surface area (Å²) in [7, 11) is 0. The summed E-state index contributed by atoms with van der Waals surface area (Å²) in [6, 6.07) is 14.7. The van der Waals surface area contributed by atoms with Crippen LogP contribution in [0.4, 0.5) is 4.39 Å². The Hall–Kier alpha value is -1.38. The van der Waals surface area contributed by atoms with Crippen LogP contribution in [0.5, 0.6) is 0 Å². The van der Waals surface area contributed by atoms with Gasteiger partial charge in [-0.05, 0) is 28.8 Å². The lowest BCUT2D eigenvalue weighted by Crippen LogP contribution is -2.12. The molecule has 1 nitrogen and oxygen atoms in total. The molecule has 0 unspecified atom stereocenters. The van der Waals surface area contributed by atoms with Crippen molar-refractivity contribution < 1.29 is 4.39 Å². The SMILES string of the molecule is Fc1ccc(CNCc2cccc(CCl)c2)cc1. The van der Waals surface area contributed by atoms with Gasteiger partial charge in [-0.1, -0.05) is 36.4 Å². The summed E-state index contributed by atoms with van der Waals surface area (Å²) < 4.78 is 12.7. The third-order valence-corrected chi connectivity index (χ3v) is 3.03. The van der Waals surface area contributed by atoms with E-state index in [1.807, 2.05) is 12.1 Å². The first kappa shape index (κ1) is 13.1. The van der Waals surface area contributed by atoms with Gasteiger partial charge in [-0.25, -0.2) is 4.39 Å². The van der Waals surface area contributed by atoms with Crippen LogP contribution in [0.15, 0.2) is 48.5 Å². The second-order valence-corrected chi connectivity index (χ2v) is 4.45. The van der Waals surface area contributed by atoms with Crippen molar-refractivity contribution in [3.8, 4) is 0 Å². The maximum atomic E-state index is 12.7. The molecule has 0 heterocycles. The Kier molecular flexibility index (Phi) is 4.73. The molecule has 2 aromatic rings. The zero-order chi connectivity index (χ0) is 12.8. The van der Waals surface area contributed by atoms with Crippen molar-refractivity contribution in [3.63, 3.8) is 0 Å². The fraction of sp³-hybridized carbons (Fsp3) is 0.200. The van der Waals surface area contributed by atoms with Crippen LogP contribution >= 0.6 is 11.6 Å². The lowest BCUT2D eigenvalue weighted by molar-refractivity contribution is 0.625. The van der Waals surface area contributed by atoms with Gasteiger partial charge in [0.15, 0.2) is 0 Å². The van der Waals surface area contributed by atoms with Crippen LogP contribution in [0, 0.1) is 5.82 Å². The van der Waals surface area contributed by atoms with Crippen molar-refractivity contribution in [2.75, 3.05) is 0 Å². The molecule has 0 saturated carbocycles. The van der Waals surface area contributed by atoms with Gasteiger partial charge < -0.3 is 5.32 Å². The minimum absolute atomic E-state index is 0.200. The molecular weight excluding hydrogens is 249 g/mol. The highest BCUT2D eigenvalue weighted by Gasteiger charge is 1.97. The van der Waals surface area contributed by atoms with E-state index in [2.05, 4.69) is 17.4 Å². The Morgan fingerprint density at radius 3 is 2.28 bits per heavy atom. The number of nitrogens with one attached hydrogen (secondary N) is 1. The molecule has 1 N–H and O–H groups in total. The molecule has 0 amide bonds. The molecule has 0 saturated heterocycles. The minimum atomic E-state index is -0.200. The summed E-state index contributed by atoms with van der Waals surface area (Å²) >= 11 is 5.79. The average Bonchev–Trinajstić information content (AvgIpc) is 2.41. The Labute approximate surface area is 112 Å². The molecule has 0 aromatic heterocycles. The van der Waals surface area contributed by atoms with Crippen molar-refractivity contribution in [3.05, 3.63) is 71.0 Å². The van der Waals surface area contributed by atoms with Gasteiger partial charge in [0.2, 0.25) is 0 Å². The summed E-state index contributed by atoms with van der Waals surface area (Å²) in [5, 5.41) is 3.32. The van der Waals surface area contributed by atoms with Crippen LogP contribution in [-0.4, -0.2) is 0 Å². The standard InChI is InChI=1S/C15H15ClFN/c16-9-13-2-1-3-14(8-13)11-18-10-12-4-6-15(17)7-5-12/h1-8,18H,9-11H2. The van der Waals surface area contributed by atoms with E-state index in [-0.39, 0.29) is 5.82 Å². The van der Waals surface area contributed by atoms with Crippen LogP contribution in [0.1, 0.15) is 16.7 Å². The van der Waals surface area contributed by atoms with E-state index in [0.29, 0.717) is 5.88 Å². The number of rotatable bonds is 5. The molecule has 2 aromatic carbocycles. The summed E-state index contributed by atoms with van der Waals surface area (Å²) in [5.41, 5.74) is 3.40. The van der Waals surface area contributed by atoms with Gasteiger partial charge in [-0.15, -0.1) is 11.6 Å². The molecule has 0 spiro atoms. The van der Waals surface area contributed by atoms with Gasteiger partial charge in [0.1, 0.15) is 5.82 Å². The van der Waals surface area contributed by atoms with Crippen LogP contribution in [0.2, 0.25) is 0 Å². The van der Waals surface area contributed by atoms with Gasteiger partial charge >= 0.3 is 0 Å². The number of alkyl halides is 1. The first-order valence-corrected chi connectivity index (χ1v) is 6.40. The predicted molar refractivity (Wildman–Crippen MR) is 72.9 cm³/mol. The number of hydrogen-bond donors (Lipinski definition) is 1.